The van der Waals surface area contributed by atoms with E-state index in [1.807, 2.05) is 19.9 Å². The third kappa shape index (κ3) is 6.75. The summed E-state index contributed by atoms with van der Waals surface area (Å²) in [7, 11) is 0. The Balaban J connectivity index is 1.85. The van der Waals surface area contributed by atoms with Gasteiger partial charge in [-0.2, -0.15) is 0 Å². The molecule has 2 amide bonds. The quantitative estimate of drug-likeness (QED) is 0.657. The summed E-state index contributed by atoms with van der Waals surface area (Å²) in [5.74, 6) is 0.420. The largest absolute Gasteiger partial charge is 0.350 e. The molecular weight excluding hydrogens is 346 g/mol. The average molecular weight is 376 g/mol. The van der Waals surface area contributed by atoms with Crippen molar-refractivity contribution in [2.45, 2.75) is 64.8 Å². The van der Waals surface area contributed by atoms with Crippen LogP contribution >= 0.6 is 12.2 Å². The minimum Gasteiger partial charge on any atom is -0.350 e. The number of nitrogens with one attached hydrogen (secondary N) is 3. The fourth-order valence-corrected chi connectivity index (χ4v) is 3.51. The molecule has 0 bridgehead atoms. The van der Waals surface area contributed by atoms with E-state index in [4.69, 9.17) is 12.2 Å². The molecule has 6 heteroatoms. The molecule has 1 aliphatic carbocycles. The van der Waals surface area contributed by atoms with Gasteiger partial charge in [0, 0.05) is 12.5 Å². The summed E-state index contributed by atoms with van der Waals surface area (Å²) in [6.45, 7) is 3.82. The Labute approximate surface area is 161 Å². The van der Waals surface area contributed by atoms with Crippen LogP contribution in [-0.4, -0.2) is 23.0 Å². The van der Waals surface area contributed by atoms with E-state index in [9.17, 15) is 9.59 Å². The van der Waals surface area contributed by atoms with Gasteiger partial charge in [0.1, 0.15) is 0 Å². The van der Waals surface area contributed by atoms with Gasteiger partial charge in [-0.25, -0.2) is 0 Å². The zero-order chi connectivity index (χ0) is 18.9. The van der Waals surface area contributed by atoms with Crippen molar-refractivity contribution in [2.24, 2.45) is 5.92 Å². The van der Waals surface area contributed by atoms with Crippen molar-refractivity contribution >= 4 is 34.8 Å². The van der Waals surface area contributed by atoms with Crippen molar-refractivity contribution in [3.05, 3.63) is 29.8 Å². The van der Waals surface area contributed by atoms with Crippen LogP contribution in [0.25, 0.3) is 0 Å². The first-order valence-corrected chi connectivity index (χ1v) is 9.87. The van der Waals surface area contributed by atoms with Crippen LogP contribution in [0.1, 0.15) is 69.2 Å². The van der Waals surface area contributed by atoms with Crippen molar-refractivity contribution in [1.82, 2.24) is 10.6 Å². The van der Waals surface area contributed by atoms with Gasteiger partial charge in [0.15, 0.2) is 5.11 Å². The van der Waals surface area contributed by atoms with E-state index in [0.29, 0.717) is 23.6 Å². The third-order valence-electron chi connectivity index (χ3n) is 4.60. The van der Waals surface area contributed by atoms with E-state index in [-0.39, 0.29) is 23.0 Å². The van der Waals surface area contributed by atoms with Crippen LogP contribution in [0, 0.1) is 5.92 Å². The number of hydrogen-bond donors (Lipinski definition) is 3. The van der Waals surface area contributed by atoms with Gasteiger partial charge in [-0.15, -0.1) is 0 Å². The SMILES string of the molecule is CC(C)NC(=O)c1ccccc1NC(=S)NC(=O)CCC1CCCCC1. The highest BCUT2D eigenvalue weighted by Gasteiger charge is 2.16. The summed E-state index contributed by atoms with van der Waals surface area (Å²) in [6, 6.07) is 7.17. The maximum absolute atomic E-state index is 12.3. The van der Waals surface area contributed by atoms with Gasteiger partial charge < -0.3 is 16.0 Å². The predicted molar refractivity (Wildman–Crippen MR) is 109 cm³/mol. The van der Waals surface area contributed by atoms with Crippen LogP contribution in [0.5, 0.6) is 0 Å². The standard InChI is InChI=1S/C20H29N3O2S/c1-14(2)21-19(25)16-10-6-7-11-17(16)22-20(26)23-18(24)13-12-15-8-4-3-5-9-15/h6-7,10-11,14-15H,3-5,8-9,12-13H2,1-2H3,(H,21,25)(H2,22,23,24,26). The Hall–Kier alpha value is -1.95. The molecule has 1 saturated carbocycles. The molecule has 0 aliphatic heterocycles. The van der Waals surface area contributed by atoms with Gasteiger partial charge in [0.2, 0.25) is 5.91 Å². The molecule has 0 heterocycles. The zero-order valence-electron chi connectivity index (χ0n) is 15.6. The first-order chi connectivity index (χ1) is 12.5. The second-order valence-electron chi connectivity index (χ2n) is 7.22. The normalized spacial score (nSPS) is 14.7. The zero-order valence-corrected chi connectivity index (χ0v) is 16.5. The van der Waals surface area contributed by atoms with E-state index in [0.717, 1.165) is 6.42 Å². The topological polar surface area (TPSA) is 70.2 Å². The number of amides is 2. The van der Waals surface area contributed by atoms with Gasteiger partial charge in [-0.05, 0) is 50.5 Å². The van der Waals surface area contributed by atoms with Crippen molar-refractivity contribution in [3.8, 4) is 0 Å². The second kappa shape index (κ2) is 10.3. The van der Waals surface area contributed by atoms with Gasteiger partial charge in [-0.1, -0.05) is 44.2 Å². The first-order valence-electron chi connectivity index (χ1n) is 9.46. The lowest BCUT2D eigenvalue weighted by Gasteiger charge is -2.21. The highest BCUT2D eigenvalue weighted by atomic mass is 32.1. The molecule has 0 unspecified atom stereocenters. The maximum Gasteiger partial charge on any atom is 0.253 e. The summed E-state index contributed by atoms with van der Waals surface area (Å²) in [6.07, 6.45) is 7.75. The van der Waals surface area contributed by atoms with Crippen molar-refractivity contribution < 1.29 is 9.59 Å². The fourth-order valence-electron chi connectivity index (χ4n) is 3.28. The number of thiocarbonyl (C=S) groups is 1. The van der Waals surface area contributed by atoms with Crippen molar-refractivity contribution in [1.29, 1.82) is 0 Å². The summed E-state index contributed by atoms with van der Waals surface area (Å²) in [5.41, 5.74) is 1.09. The van der Waals surface area contributed by atoms with Gasteiger partial charge in [0.25, 0.3) is 5.91 Å². The Morgan fingerprint density at radius 3 is 2.54 bits per heavy atom. The monoisotopic (exact) mass is 375 g/mol. The van der Waals surface area contributed by atoms with Crippen LogP contribution in [0.2, 0.25) is 0 Å². The van der Waals surface area contributed by atoms with Crippen LogP contribution in [0.3, 0.4) is 0 Å². The fraction of sp³-hybridized carbons (Fsp3) is 0.550. The highest BCUT2D eigenvalue weighted by Crippen LogP contribution is 2.27. The minimum atomic E-state index is -0.172. The van der Waals surface area contributed by atoms with E-state index in [2.05, 4.69) is 16.0 Å². The van der Waals surface area contributed by atoms with Crippen LogP contribution in [0.15, 0.2) is 24.3 Å². The molecule has 1 fully saturated rings. The van der Waals surface area contributed by atoms with Crippen LogP contribution < -0.4 is 16.0 Å². The number of rotatable bonds is 6. The Morgan fingerprint density at radius 1 is 1.15 bits per heavy atom. The number of benzene rings is 1. The number of carbonyl (C=O) groups excluding carboxylic acids is 2. The second-order valence-corrected chi connectivity index (χ2v) is 7.63. The molecule has 0 spiro atoms. The van der Waals surface area contributed by atoms with Gasteiger partial charge in [-0.3, -0.25) is 9.59 Å². The molecule has 1 aromatic carbocycles. The number of anilines is 1. The third-order valence-corrected chi connectivity index (χ3v) is 4.80. The first kappa shape index (κ1) is 20.4. The number of para-hydroxylation sites is 1. The molecule has 0 saturated heterocycles. The summed E-state index contributed by atoms with van der Waals surface area (Å²) >= 11 is 5.24. The van der Waals surface area contributed by atoms with E-state index in [1.54, 1.807) is 18.2 Å². The molecule has 0 radical (unpaired) electrons. The Morgan fingerprint density at radius 2 is 1.85 bits per heavy atom. The molecule has 3 N–H and O–H groups in total. The summed E-state index contributed by atoms with van der Waals surface area (Å²) in [5, 5.41) is 8.78. The maximum atomic E-state index is 12.3. The lowest BCUT2D eigenvalue weighted by Crippen LogP contribution is -2.35. The van der Waals surface area contributed by atoms with Gasteiger partial charge in [0.05, 0.1) is 11.3 Å². The molecule has 0 atom stereocenters. The van der Waals surface area contributed by atoms with Crippen LogP contribution in [0.4, 0.5) is 5.69 Å². The average Bonchev–Trinajstić information content (AvgIpc) is 2.60. The lowest BCUT2D eigenvalue weighted by molar-refractivity contribution is -0.120. The smallest absolute Gasteiger partial charge is 0.253 e. The predicted octanol–water partition coefficient (Wildman–Crippen LogP) is 4.00. The summed E-state index contributed by atoms with van der Waals surface area (Å²) < 4.78 is 0. The summed E-state index contributed by atoms with van der Waals surface area (Å²) in [4.78, 5) is 24.4. The molecule has 0 aromatic heterocycles. The molecule has 2 rings (SSSR count). The Kier molecular flexibility index (Phi) is 8.04. The number of carbonyl (C=O) groups is 2. The number of hydrogen-bond acceptors (Lipinski definition) is 3. The highest BCUT2D eigenvalue weighted by molar-refractivity contribution is 7.80. The van der Waals surface area contributed by atoms with Crippen molar-refractivity contribution in [3.63, 3.8) is 0 Å². The molecule has 26 heavy (non-hydrogen) atoms. The minimum absolute atomic E-state index is 0.0435. The molecular formula is C20H29N3O2S. The molecule has 5 nitrogen and oxygen atoms in total. The van der Waals surface area contributed by atoms with Crippen molar-refractivity contribution in [2.75, 3.05) is 5.32 Å². The van der Waals surface area contributed by atoms with E-state index in [1.165, 1.54) is 32.1 Å². The van der Waals surface area contributed by atoms with E-state index < -0.39 is 0 Å². The van der Waals surface area contributed by atoms with Crippen LogP contribution in [-0.2, 0) is 4.79 Å². The molecule has 1 aliphatic rings. The Bertz CT molecular complexity index is 640. The lowest BCUT2D eigenvalue weighted by atomic mass is 9.86. The molecule has 1 aromatic rings. The van der Waals surface area contributed by atoms with Gasteiger partial charge >= 0.3 is 0 Å². The van der Waals surface area contributed by atoms with E-state index >= 15 is 0 Å². The molecule has 142 valence electrons.